The molecule has 0 fully saturated rings. The van der Waals surface area contributed by atoms with E-state index in [4.69, 9.17) is 0 Å². The van der Waals surface area contributed by atoms with Crippen molar-refractivity contribution in [2.24, 2.45) is 0 Å². The molecule has 0 saturated heterocycles. The SMILES string of the molecule is CC1=CC(C)(C)N([C@H](C)C(=O)O)c2c(C)cccc21. The third-order valence-electron chi connectivity index (χ3n) is 3.84. The van der Waals surface area contributed by atoms with Crippen molar-refractivity contribution >= 4 is 17.2 Å². The van der Waals surface area contributed by atoms with Crippen LogP contribution >= 0.6 is 0 Å². The Labute approximate surface area is 114 Å². The number of carboxylic acid groups (broad SMARTS) is 1. The number of nitrogens with zero attached hydrogens (tertiary/aromatic N) is 1. The molecule has 1 aliphatic heterocycles. The average Bonchev–Trinajstić information content (AvgIpc) is 2.29. The quantitative estimate of drug-likeness (QED) is 0.884. The highest BCUT2D eigenvalue weighted by atomic mass is 16.4. The molecule has 3 nitrogen and oxygen atoms in total. The van der Waals surface area contributed by atoms with Gasteiger partial charge in [-0.3, -0.25) is 0 Å². The fraction of sp³-hybridized carbons (Fsp3) is 0.438. The third-order valence-corrected chi connectivity index (χ3v) is 3.84. The van der Waals surface area contributed by atoms with Crippen molar-refractivity contribution in [2.45, 2.75) is 46.2 Å². The number of hydrogen-bond acceptors (Lipinski definition) is 2. The van der Waals surface area contributed by atoms with Gasteiger partial charge in [-0.15, -0.1) is 0 Å². The van der Waals surface area contributed by atoms with Gasteiger partial charge in [-0.25, -0.2) is 4.79 Å². The minimum Gasteiger partial charge on any atom is -0.480 e. The summed E-state index contributed by atoms with van der Waals surface area (Å²) in [5, 5.41) is 9.39. The highest BCUT2D eigenvalue weighted by molar-refractivity contribution is 5.87. The topological polar surface area (TPSA) is 40.5 Å². The monoisotopic (exact) mass is 259 g/mol. The maximum absolute atomic E-state index is 11.4. The van der Waals surface area contributed by atoms with Gasteiger partial charge in [0.1, 0.15) is 6.04 Å². The van der Waals surface area contributed by atoms with Crippen molar-refractivity contribution in [1.82, 2.24) is 0 Å². The predicted octanol–water partition coefficient (Wildman–Crippen LogP) is 3.47. The predicted molar refractivity (Wildman–Crippen MR) is 78.5 cm³/mol. The van der Waals surface area contributed by atoms with Gasteiger partial charge < -0.3 is 10.0 Å². The summed E-state index contributed by atoms with van der Waals surface area (Å²) in [4.78, 5) is 13.4. The molecule has 1 atom stereocenters. The van der Waals surface area contributed by atoms with Crippen molar-refractivity contribution in [3.05, 3.63) is 35.4 Å². The van der Waals surface area contributed by atoms with Gasteiger partial charge in [0.2, 0.25) is 0 Å². The minimum atomic E-state index is -0.796. The van der Waals surface area contributed by atoms with E-state index in [1.165, 1.54) is 5.57 Å². The first-order chi connectivity index (χ1) is 8.75. The van der Waals surface area contributed by atoms with Crippen LogP contribution in [0.15, 0.2) is 24.3 Å². The molecule has 0 spiro atoms. The van der Waals surface area contributed by atoms with Gasteiger partial charge in [-0.05, 0) is 45.8 Å². The summed E-state index contributed by atoms with van der Waals surface area (Å²) in [6.07, 6.45) is 2.15. The molecule has 0 radical (unpaired) electrons. The molecule has 2 rings (SSSR count). The molecular weight excluding hydrogens is 238 g/mol. The summed E-state index contributed by atoms with van der Waals surface area (Å²) >= 11 is 0. The molecule has 0 aromatic heterocycles. The number of rotatable bonds is 2. The molecule has 1 N–H and O–H groups in total. The molecule has 0 bridgehead atoms. The van der Waals surface area contributed by atoms with Crippen LogP contribution in [0.5, 0.6) is 0 Å². The van der Waals surface area contributed by atoms with E-state index in [9.17, 15) is 9.90 Å². The average molecular weight is 259 g/mol. The lowest BCUT2D eigenvalue weighted by Gasteiger charge is -2.46. The molecule has 19 heavy (non-hydrogen) atoms. The number of hydrogen-bond donors (Lipinski definition) is 1. The first-order valence-corrected chi connectivity index (χ1v) is 6.57. The van der Waals surface area contributed by atoms with Gasteiger partial charge in [-0.1, -0.05) is 24.3 Å². The van der Waals surface area contributed by atoms with Crippen LogP contribution in [0.2, 0.25) is 0 Å². The van der Waals surface area contributed by atoms with Crippen LogP contribution in [0, 0.1) is 6.92 Å². The molecule has 1 heterocycles. The van der Waals surface area contributed by atoms with E-state index in [0.717, 1.165) is 16.8 Å². The molecule has 1 aliphatic rings. The number of aliphatic carboxylic acids is 1. The Hall–Kier alpha value is -1.77. The number of anilines is 1. The lowest BCUT2D eigenvalue weighted by Crippen LogP contribution is -2.53. The number of benzene rings is 1. The van der Waals surface area contributed by atoms with Crippen molar-refractivity contribution in [3.8, 4) is 0 Å². The fourth-order valence-corrected chi connectivity index (χ4v) is 3.07. The van der Waals surface area contributed by atoms with Gasteiger partial charge in [0.05, 0.1) is 5.54 Å². The van der Waals surface area contributed by atoms with Crippen LogP contribution in [-0.4, -0.2) is 22.7 Å². The summed E-state index contributed by atoms with van der Waals surface area (Å²) in [7, 11) is 0. The number of fused-ring (bicyclic) bond motifs is 1. The Balaban J connectivity index is 2.70. The van der Waals surface area contributed by atoms with E-state index in [-0.39, 0.29) is 5.54 Å². The normalized spacial score (nSPS) is 18.6. The highest BCUT2D eigenvalue weighted by Gasteiger charge is 2.37. The fourth-order valence-electron chi connectivity index (χ4n) is 3.07. The Kier molecular flexibility index (Phi) is 3.17. The maximum Gasteiger partial charge on any atom is 0.326 e. The Morgan fingerprint density at radius 1 is 1.32 bits per heavy atom. The second kappa shape index (κ2) is 4.41. The van der Waals surface area contributed by atoms with Gasteiger partial charge in [-0.2, -0.15) is 0 Å². The zero-order chi connectivity index (χ0) is 14.4. The first kappa shape index (κ1) is 13.7. The number of carboxylic acids is 1. The van der Waals surface area contributed by atoms with Gasteiger partial charge in [0.25, 0.3) is 0 Å². The van der Waals surface area contributed by atoms with Crippen molar-refractivity contribution in [2.75, 3.05) is 4.90 Å². The summed E-state index contributed by atoms with van der Waals surface area (Å²) in [6.45, 7) is 9.99. The molecule has 0 amide bonds. The van der Waals surface area contributed by atoms with Crippen LogP contribution in [0.3, 0.4) is 0 Å². The Morgan fingerprint density at radius 2 is 1.95 bits per heavy atom. The van der Waals surface area contributed by atoms with E-state index in [2.05, 4.69) is 32.9 Å². The summed E-state index contributed by atoms with van der Waals surface area (Å²) in [6, 6.07) is 5.56. The lowest BCUT2D eigenvalue weighted by atomic mass is 9.86. The summed E-state index contributed by atoms with van der Waals surface area (Å²) < 4.78 is 0. The number of allylic oxidation sites excluding steroid dienone is 1. The Morgan fingerprint density at radius 3 is 2.53 bits per heavy atom. The molecule has 0 unspecified atom stereocenters. The number of para-hydroxylation sites is 1. The number of carbonyl (C=O) groups is 1. The van der Waals surface area contributed by atoms with Crippen LogP contribution in [0.25, 0.3) is 5.57 Å². The molecule has 0 aliphatic carbocycles. The van der Waals surface area contributed by atoms with Gasteiger partial charge in [0, 0.05) is 11.3 Å². The molecule has 3 heteroatoms. The van der Waals surface area contributed by atoms with E-state index in [1.54, 1.807) is 6.92 Å². The van der Waals surface area contributed by atoms with Crippen LogP contribution in [0.1, 0.15) is 38.8 Å². The molecule has 1 aromatic rings. The van der Waals surface area contributed by atoms with E-state index in [0.29, 0.717) is 0 Å². The summed E-state index contributed by atoms with van der Waals surface area (Å²) in [5.41, 5.74) is 4.19. The molecule has 0 saturated carbocycles. The Bertz CT molecular complexity index is 558. The largest absolute Gasteiger partial charge is 0.480 e. The standard InChI is InChI=1S/C16H21NO2/c1-10-7-6-8-13-11(2)9-16(4,5)17(14(10)13)12(3)15(18)19/h6-9,12H,1-5H3,(H,18,19)/t12-/m1/s1. The second-order valence-corrected chi connectivity index (χ2v) is 5.84. The molecule has 102 valence electrons. The minimum absolute atomic E-state index is 0.305. The summed E-state index contributed by atoms with van der Waals surface area (Å²) in [5.74, 6) is -0.796. The molecule has 1 aromatic carbocycles. The van der Waals surface area contributed by atoms with Gasteiger partial charge >= 0.3 is 5.97 Å². The van der Waals surface area contributed by atoms with Crippen LogP contribution in [-0.2, 0) is 4.79 Å². The van der Waals surface area contributed by atoms with E-state index < -0.39 is 12.0 Å². The smallest absolute Gasteiger partial charge is 0.326 e. The molecular formula is C16H21NO2. The lowest BCUT2D eigenvalue weighted by molar-refractivity contribution is -0.138. The van der Waals surface area contributed by atoms with E-state index >= 15 is 0 Å². The zero-order valence-corrected chi connectivity index (χ0v) is 12.2. The highest BCUT2D eigenvalue weighted by Crippen LogP contribution is 2.41. The first-order valence-electron chi connectivity index (χ1n) is 6.57. The third kappa shape index (κ3) is 2.14. The van der Waals surface area contributed by atoms with Gasteiger partial charge in [0.15, 0.2) is 0 Å². The zero-order valence-electron chi connectivity index (χ0n) is 12.2. The number of aryl methyl sites for hydroxylation is 1. The van der Waals surface area contributed by atoms with Crippen LogP contribution < -0.4 is 4.90 Å². The second-order valence-electron chi connectivity index (χ2n) is 5.84. The van der Waals surface area contributed by atoms with Crippen LogP contribution in [0.4, 0.5) is 5.69 Å². The maximum atomic E-state index is 11.4. The van der Waals surface area contributed by atoms with Crippen molar-refractivity contribution in [3.63, 3.8) is 0 Å². The van der Waals surface area contributed by atoms with Crippen molar-refractivity contribution < 1.29 is 9.90 Å². The van der Waals surface area contributed by atoms with Crippen molar-refractivity contribution in [1.29, 1.82) is 0 Å². The van der Waals surface area contributed by atoms with E-state index in [1.807, 2.05) is 24.0 Å².